The lowest BCUT2D eigenvalue weighted by Gasteiger charge is -2.24. The van der Waals surface area contributed by atoms with E-state index in [0.29, 0.717) is 36.7 Å². The van der Waals surface area contributed by atoms with Gasteiger partial charge in [0.2, 0.25) is 0 Å². The molecule has 1 heterocycles. The molecule has 0 saturated carbocycles. The van der Waals surface area contributed by atoms with E-state index in [-0.39, 0.29) is 26.1 Å². The largest absolute Gasteiger partial charge is 0.472 e. The first-order valence-electron chi connectivity index (χ1n) is 24.8. The second kappa shape index (κ2) is 37.3. The topological polar surface area (TPSA) is 142 Å². The molecular weight excluding hydrogens is 830 g/mol. The van der Waals surface area contributed by atoms with E-state index in [1.807, 2.05) is 57.6 Å². The Labute approximate surface area is 389 Å². The first-order chi connectivity index (χ1) is 30.7. The van der Waals surface area contributed by atoms with E-state index in [1.165, 1.54) is 99.7 Å². The van der Waals surface area contributed by atoms with Crippen molar-refractivity contribution in [1.82, 2.24) is 0 Å². The fraction of sp³-hybridized carbons (Fsp3) is 0.731. The molecule has 0 spiro atoms. The Morgan fingerprint density at radius 1 is 0.672 bits per heavy atom. The molecule has 12 heteroatoms. The van der Waals surface area contributed by atoms with Gasteiger partial charge in [-0.3, -0.25) is 18.6 Å². The lowest BCUT2D eigenvalue weighted by atomic mass is 10.0. The maximum Gasteiger partial charge on any atom is 0.472 e. The van der Waals surface area contributed by atoms with Crippen molar-refractivity contribution in [3.63, 3.8) is 0 Å². The van der Waals surface area contributed by atoms with Gasteiger partial charge in [-0.25, -0.2) is 4.57 Å². The van der Waals surface area contributed by atoms with Crippen LogP contribution in [0.25, 0.3) is 0 Å². The van der Waals surface area contributed by atoms with Crippen LogP contribution in [0.3, 0.4) is 0 Å². The summed E-state index contributed by atoms with van der Waals surface area (Å²) in [5.74, 6) is 1.45. The average molecular weight is 921 g/mol. The third-order valence-electron chi connectivity index (χ3n) is 11.1. The van der Waals surface area contributed by atoms with Crippen LogP contribution < -0.4 is 0 Å². The van der Waals surface area contributed by atoms with Crippen molar-refractivity contribution in [2.24, 2.45) is 0 Å². The third-order valence-corrected chi connectivity index (χ3v) is 12.1. The Morgan fingerprint density at radius 3 is 1.88 bits per heavy atom. The smallest absolute Gasteiger partial charge is 0.466 e. The van der Waals surface area contributed by atoms with Gasteiger partial charge in [-0.1, -0.05) is 140 Å². The fourth-order valence-corrected chi connectivity index (χ4v) is 7.66. The van der Waals surface area contributed by atoms with E-state index in [4.69, 9.17) is 22.9 Å². The minimum absolute atomic E-state index is 0.00361. The zero-order chi connectivity index (χ0) is 47.3. The monoisotopic (exact) mass is 921 g/mol. The number of carbonyl (C=O) groups excluding carboxylic acids is 2. The highest BCUT2D eigenvalue weighted by atomic mass is 31.2. The highest BCUT2D eigenvalue weighted by Crippen LogP contribution is 2.43. The zero-order valence-electron chi connectivity index (χ0n) is 41.3. The predicted molar refractivity (Wildman–Crippen MR) is 261 cm³/mol. The Hall–Kier alpha value is -2.79. The molecule has 0 aromatic carbocycles. The molecule has 0 fully saturated rings. The Morgan fingerprint density at radius 2 is 1.23 bits per heavy atom. The SMILES string of the molecule is CCCCC/C=C\C[C@H](O)/C=C/C=C\C/C=C\CCCC(=O)O[C@H](COC(=O)CCCCCCCCCCCCc1oc(CCCCC)c(C)c1C)COP(=O)(O)OCC[N+](C)(C)C. The lowest BCUT2D eigenvalue weighted by Crippen LogP contribution is -2.37. The standard InChI is InChI=1S/C52H90NO10P/c1-8-10-12-13-24-30-35-47(54)36-31-25-20-18-19-23-28-34-40-52(56)62-48(44-61-64(57,58)60-42-41-53(5,6)7)43-59-51(55)39-33-27-22-17-15-14-16-21-26-32-38-50-46(4)45(3)49(63-50)37-29-11-9-2/h19-20,23-25,30-31,36,47-48,54H,8-18,21-22,26-29,32-35,37-44H2,1-7H3/p+1/b23-19-,25-20-,30-24-,36-31+/t47-,48+/m0/s1. The number of unbranched alkanes of at least 4 members (excludes halogenated alkanes) is 15. The molecule has 0 amide bonds. The van der Waals surface area contributed by atoms with Crippen LogP contribution in [0.4, 0.5) is 0 Å². The minimum Gasteiger partial charge on any atom is -0.466 e. The summed E-state index contributed by atoms with van der Waals surface area (Å²) in [6.45, 7) is 8.58. The van der Waals surface area contributed by atoms with Crippen LogP contribution >= 0.6 is 7.82 Å². The van der Waals surface area contributed by atoms with Crippen molar-refractivity contribution >= 4 is 19.8 Å². The van der Waals surface area contributed by atoms with Crippen LogP contribution in [0, 0.1) is 13.8 Å². The van der Waals surface area contributed by atoms with Gasteiger partial charge in [-0.05, 0) is 82.8 Å². The molecule has 1 rings (SSSR count). The molecule has 1 unspecified atom stereocenters. The van der Waals surface area contributed by atoms with Crippen LogP contribution in [-0.4, -0.2) is 86.1 Å². The third kappa shape index (κ3) is 33.7. The van der Waals surface area contributed by atoms with Crippen molar-refractivity contribution in [1.29, 1.82) is 0 Å². The van der Waals surface area contributed by atoms with Crippen LogP contribution in [-0.2, 0) is 45.5 Å². The molecule has 0 aliphatic rings. The van der Waals surface area contributed by atoms with Gasteiger partial charge in [0.05, 0.1) is 33.9 Å². The number of carbonyl (C=O) groups is 2. The minimum atomic E-state index is -4.42. The van der Waals surface area contributed by atoms with E-state index in [1.54, 1.807) is 6.08 Å². The number of esters is 2. The first kappa shape index (κ1) is 59.2. The van der Waals surface area contributed by atoms with E-state index in [2.05, 4.69) is 33.8 Å². The summed E-state index contributed by atoms with van der Waals surface area (Å²) in [5, 5.41) is 10.1. The fourth-order valence-electron chi connectivity index (χ4n) is 6.92. The second-order valence-electron chi connectivity index (χ2n) is 18.3. The van der Waals surface area contributed by atoms with E-state index in [0.717, 1.165) is 44.9 Å². The first-order valence-corrected chi connectivity index (χ1v) is 26.3. The molecule has 3 atom stereocenters. The highest BCUT2D eigenvalue weighted by molar-refractivity contribution is 7.47. The number of aryl methyl sites for hydroxylation is 2. The normalized spacial score (nSPS) is 14.3. The van der Waals surface area contributed by atoms with Crippen LogP contribution in [0.15, 0.2) is 53.0 Å². The summed E-state index contributed by atoms with van der Waals surface area (Å²) in [4.78, 5) is 35.6. The van der Waals surface area contributed by atoms with Crippen molar-refractivity contribution in [2.75, 3.05) is 47.5 Å². The molecule has 0 aliphatic heterocycles. The molecule has 64 heavy (non-hydrogen) atoms. The molecule has 0 radical (unpaired) electrons. The van der Waals surface area contributed by atoms with Gasteiger partial charge in [0.15, 0.2) is 6.10 Å². The molecule has 0 bridgehead atoms. The Kier molecular flexibility index (Phi) is 34.5. The van der Waals surface area contributed by atoms with Crippen LogP contribution in [0.1, 0.15) is 184 Å². The van der Waals surface area contributed by atoms with Gasteiger partial charge in [-0.15, -0.1) is 0 Å². The summed E-state index contributed by atoms with van der Waals surface area (Å²) in [5.41, 5.74) is 2.69. The number of hydrogen-bond donors (Lipinski definition) is 2. The lowest BCUT2D eigenvalue weighted by molar-refractivity contribution is -0.870. The van der Waals surface area contributed by atoms with Gasteiger partial charge in [-0.2, -0.15) is 0 Å². The molecule has 2 N–H and O–H groups in total. The average Bonchev–Trinajstić information content (AvgIpc) is 3.51. The number of phosphoric ester groups is 1. The van der Waals surface area contributed by atoms with Crippen LogP contribution in [0.5, 0.6) is 0 Å². The highest BCUT2D eigenvalue weighted by Gasteiger charge is 2.27. The van der Waals surface area contributed by atoms with Crippen molar-refractivity contribution in [2.45, 2.75) is 200 Å². The Balaban J connectivity index is 2.36. The van der Waals surface area contributed by atoms with Gasteiger partial charge in [0, 0.05) is 25.7 Å². The molecule has 1 aromatic rings. The summed E-state index contributed by atoms with van der Waals surface area (Å²) < 4.78 is 40.6. The Bertz CT molecular complexity index is 1520. The van der Waals surface area contributed by atoms with Crippen molar-refractivity contribution in [3.8, 4) is 0 Å². The number of rotatable bonds is 41. The summed E-state index contributed by atoms with van der Waals surface area (Å²) >= 11 is 0. The molecule has 11 nitrogen and oxygen atoms in total. The quantitative estimate of drug-likeness (QED) is 0.0163. The second-order valence-corrected chi connectivity index (χ2v) is 19.7. The maximum atomic E-state index is 12.7. The molecule has 0 saturated heterocycles. The summed E-state index contributed by atoms with van der Waals surface area (Å²) in [7, 11) is 1.38. The predicted octanol–water partition coefficient (Wildman–Crippen LogP) is 12.9. The molecule has 368 valence electrons. The number of allylic oxidation sites excluding steroid dienone is 6. The number of nitrogens with zero attached hydrogens (tertiary/aromatic N) is 1. The molecule has 0 aliphatic carbocycles. The van der Waals surface area contributed by atoms with Crippen LogP contribution in [0.2, 0.25) is 0 Å². The van der Waals surface area contributed by atoms with E-state index in [9.17, 15) is 24.2 Å². The van der Waals surface area contributed by atoms with Gasteiger partial charge >= 0.3 is 19.8 Å². The number of furan rings is 1. The molecule has 1 aromatic heterocycles. The summed E-state index contributed by atoms with van der Waals surface area (Å²) in [6.07, 6.45) is 38.7. The van der Waals surface area contributed by atoms with Gasteiger partial charge in [0.25, 0.3) is 0 Å². The van der Waals surface area contributed by atoms with Gasteiger partial charge in [0.1, 0.15) is 31.3 Å². The number of quaternary nitrogens is 1. The van der Waals surface area contributed by atoms with Gasteiger partial charge < -0.3 is 28.4 Å². The number of hydrogen-bond acceptors (Lipinski definition) is 9. The van der Waals surface area contributed by atoms with E-state index >= 15 is 0 Å². The number of aliphatic hydroxyl groups is 1. The molecular formula is C52H91NO10P+. The van der Waals surface area contributed by atoms with E-state index < -0.39 is 38.6 Å². The zero-order valence-corrected chi connectivity index (χ0v) is 42.2. The van der Waals surface area contributed by atoms with Crippen molar-refractivity contribution in [3.05, 3.63) is 71.3 Å². The number of ether oxygens (including phenoxy) is 2. The number of aliphatic hydroxyl groups excluding tert-OH is 1. The van der Waals surface area contributed by atoms with Crippen molar-refractivity contribution < 1.29 is 51.6 Å². The summed E-state index contributed by atoms with van der Waals surface area (Å²) in [6, 6.07) is 0. The maximum absolute atomic E-state index is 12.7. The number of likely N-dealkylation sites (N-methyl/N-ethyl adjacent to an activating group) is 1. The number of phosphoric acid groups is 1.